The van der Waals surface area contributed by atoms with Crippen molar-refractivity contribution in [2.75, 3.05) is 6.54 Å². The van der Waals surface area contributed by atoms with Gasteiger partial charge in [0.1, 0.15) is 11.6 Å². The Morgan fingerprint density at radius 2 is 1.74 bits per heavy atom. The van der Waals surface area contributed by atoms with Gasteiger partial charge in [0.15, 0.2) is 0 Å². The first-order valence-corrected chi connectivity index (χ1v) is 12.3. The van der Waals surface area contributed by atoms with E-state index in [9.17, 15) is 18.7 Å². The molecule has 2 aromatic carbocycles. The maximum atomic E-state index is 13.7. The lowest BCUT2D eigenvalue weighted by Gasteiger charge is -2.41. The number of benzene rings is 2. The van der Waals surface area contributed by atoms with Crippen LogP contribution in [0.4, 0.5) is 8.78 Å². The SMILES string of the molecule is CC(C)(C)c1cccc(C2(NC[C@H](O)[C@H](CC(N)=O)Cc3cc(F)cc(F)c3)CCCCC2)c1. The predicted octanol–water partition coefficient (Wildman–Crippen LogP) is 5.11. The number of aliphatic hydroxyl groups is 1. The number of rotatable bonds is 9. The van der Waals surface area contributed by atoms with Gasteiger partial charge in [-0.15, -0.1) is 0 Å². The van der Waals surface area contributed by atoms with E-state index in [0.29, 0.717) is 5.56 Å². The molecule has 4 nitrogen and oxygen atoms in total. The zero-order chi connectivity index (χ0) is 24.9. The van der Waals surface area contributed by atoms with E-state index in [2.05, 4.69) is 50.4 Å². The number of hydrogen-bond donors (Lipinski definition) is 3. The Balaban J connectivity index is 1.80. The molecule has 2 aromatic rings. The molecule has 0 aliphatic heterocycles. The van der Waals surface area contributed by atoms with Crippen molar-refractivity contribution < 1.29 is 18.7 Å². The fourth-order valence-corrected chi connectivity index (χ4v) is 5.11. The van der Waals surface area contributed by atoms with Crippen molar-refractivity contribution >= 4 is 5.91 Å². The highest BCUT2D eigenvalue weighted by atomic mass is 19.1. The van der Waals surface area contributed by atoms with Crippen LogP contribution in [0.25, 0.3) is 0 Å². The molecule has 2 atom stereocenters. The standard InChI is InChI=1S/C28H38F2N2O2/c1-27(2,3)21-8-7-9-22(16-21)28(10-5-4-6-11-28)32-18-25(33)20(15-26(31)34)12-19-13-23(29)17-24(30)14-19/h7-9,13-14,16-17,20,25,32-33H,4-6,10-12,15,18H2,1-3H3,(H2,31,34)/t20-,25-/m0/s1. The molecule has 1 aliphatic carbocycles. The van der Waals surface area contributed by atoms with Gasteiger partial charge in [0, 0.05) is 24.6 Å². The van der Waals surface area contributed by atoms with Crippen LogP contribution in [0.2, 0.25) is 0 Å². The van der Waals surface area contributed by atoms with Gasteiger partial charge in [-0.1, -0.05) is 64.3 Å². The quantitative estimate of drug-likeness (QED) is 0.475. The van der Waals surface area contributed by atoms with Gasteiger partial charge in [-0.05, 0) is 59.4 Å². The van der Waals surface area contributed by atoms with Crippen LogP contribution in [0.15, 0.2) is 42.5 Å². The highest BCUT2D eigenvalue weighted by Gasteiger charge is 2.35. The summed E-state index contributed by atoms with van der Waals surface area (Å²) in [7, 11) is 0. The van der Waals surface area contributed by atoms with Crippen molar-refractivity contribution in [2.24, 2.45) is 11.7 Å². The van der Waals surface area contributed by atoms with E-state index in [1.165, 1.54) is 29.7 Å². The molecule has 0 radical (unpaired) electrons. The largest absolute Gasteiger partial charge is 0.391 e. The van der Waals surface area contributed by atoms with Crippen LogP contribution < -0.4 is 11.1 Å². The molecule has 6 heteroatoms. The number of aliphatic hydroxyl groups excluding tert-OH is 1. The molecule has 0 unspecified atom stereocenters. The summed E-state index contributed by atoms with van der Waals surface area (Å²) < 4.78 is 27.4. The smallest absolute Gasteiger partial charge is 0.217 e. The Morgan fingerprint density at radius 1 is 1.09 bits per heavy atom. The van der Waals surface area contributed by atoms with Crippen molar-refractivity contribution in [2.45, 2.75) is 82.8 Å². The molecule has 0 saturated heterocycles. The average Bonchev–Trinajstić information content (AvgIpc) is 2.76. The van der Waals surface area contributed by atoms with Crippen LogP contribution in [0.5, 0.6) is 0 Å². The second-order valence-corrected chi connectivity index (χ2v) is 10.8. The van der Waals surface area contributed by atoms with Crippen molar-refractivity contribution in [1.29, 1.82) is 0 Å². The molecular weight excluding hydrogens is 434 g/mol. The number of carbonyl (C=O) groups excluding carboxylic acids is 1. The Labute approximate surface area is 201 Å². The van der Waals surface area contributed by atoms with Crippen LogP contribution in [-0.4, -0.2) is 23.7 Å². The number of halogens is 2. The van der Waals surface area contributed by atoms with Crippen molar-refractivity contribution in [3.05, 3.63) is 70.8 Å². The minimum atomic E-state index is -0.900. The van der Waals surface area contributed by atoms with E-state index in [-0.39, 0.29) is 30.3 Å². The molecule has 0 spiro atoms. The average molecular weight is 473 g/mol. The van der Waals surface area contributed by atoms with Crippen LogP contribution in [0.1, 0.15) is 76.0 Å². The van der Waals surface area contributed by atoms with Gasteiger partial charge in [-0.3, -0.25) is 4.79 Å². The lowest BCUT2D eigenvalue weighted by Crippen LogP contribution is -2.49. The minimum Gasteiger partial charge on any atom is -0.391 e. The summed E-state index contributed by atoms with van der Waals surface area (Å²) in [5.41, 5.74) is 8.08. The minimum absolute atomic E-state index is 0.0260. The molecule has 0 bridgehead atoms. The number of primary amides is 1. The Kier molecular flexibility index (Phi) is 8.47. The summed E-state index contributed by atoms with van der Waals surface area (Å²) in [5, 5.41) is 14.7. The van der Waals surface area contributed by atoms with Crippen molar-refractivity contribution in [3.63, 3.8) is 0 Å². The molecule has 1 fully saturated rings. The van der Waals surface area contributed by atoms with Gasteiger partial charge < -0.3 is 16.2 Å². The fourth-order valence-electron chi connectivity index (χ4n) is 5.11. The van der Waals surface area contributed by atoms with E-state index >= 15 is 0 Å². The van der Waals surface area contributed by atoms with E-state index in [1.54, 1.807) is 0 Å². The van der Waals surface area contributed by atoms with Gasteiger partial charge >= 0.3 is 0 Å². The lowest BCUT2D eigenvalue weighted by atomic mass is 9.74. The molecular formula is C28H38F2N2O2. The summed E-state index contributed by atoms with van der Waals surface area (Å²) in [6, 6.07) is 11.9. The third-order valence-corrected chi connectivity index (χ3v) is 7.07. The van der Waals surface area contributed by atoms with Gasteiger partial charge in [-0.2, -0.15) is 0 Å². The summed E-state index contributed by atoms with van der Waals surface area (Å²) in [5.74, 6) is -2.46. The van der Waals surface area contributed by atoms with Crippen molar-refractivity contribution in [1.82, 2.24) is 5.32 Å². The topological polar surface area (TPSA) is 75.3 Å². The van der Waals surface area contributed by atoms with Gasteiger partial charge in [0.2, 0.25) is 5.91 Å². The summed E-state index contributed by atoms with van der Waals surface area (Å²) in [6.45, 7) is 6.84. The van der Waals surface area contributed by atoms with E-state index < -0.39 is 29.6 Å². The summed E-state index contributed by atoms with van der Waals surface area (Å²) >= 11 is 0. The highest BCUT2D eigenvalue weighted by molar-refractivity contribution is 5.74. The molecule has 4 N–H and O–H groups in total. The van der Waals surface area contributed by atoms with Gasteiger partial charge in [0.25, 0.3) is 0 Å². The number of amides is 1. The monoisotopic (exact) mass is 472 g/mol. The molecule has 3 rings (SSSR count). The maximum absolute atomic E-state index is 13.7. The van der Waals surface area contributed by atoms with Crippen molar-refractivity contribution in [3.8, 4) is 0 Å². The Hall–Kier alpha value is -2.31. The molecule has 1 aliphatic rings. The third kappa shape index (κ3) is 6.86. The first-order chi connectivity index (χ1) is 16.0. The number of hydrogen-bond acceptors (Lipinski definition) is 3. The first kappa shape index (κ1) is 26.3. The van der Waals surface area contributed by atoms with E-state index in [1.807, 2.05) is 0 Å². The van der Waals surface area contributed by atoms with Crippen LogP contribution >= 0.6 is 0 Å². The molecule has 1 amide bonds. The van der Waals surface area contributed by atoms with Gasteiger partial charge in [0.05, 0.1) is 6.10 Å². The highest BCUT2D eigenvalue weighted by Crippen LogP contribution is 2.39. The zero-order valence-corrected chi connectivity index (χ0v) is 20.5. The maximum Gasteiger partial charge on any atom is 0.217 e. The lowest BCUT2D eigenvalue weighted by molar-refractivity contribution is -0.119. The summed E-state index contributed by atoms with van der Waals surface area (Å²) in [4.78, 5) is 11.7. The van der Waals surface area contributed by atoms with E-state index in [0.717, 1.165) is 31.7 Å². The Bertz CT molecular complexity index is 960. The van der Waals surface area contributed by atoms with Crippen LogP contribution in [0.3, 0.4) is 0 Å². The third-order valence-electron chi connectivity index (χ3n) is 7.07. The molecule has 0 aromatic heterocycles. The van der Waals surface area contributed by atoms with E-state index in [4.69, 9.17) is 5.73 Å². The second-order valence-electron chi connectivity index (χ2n) is 10.8. The molecule has 0 heterocycles. The molecule has 34 heavy (non-hydrogen) atoms. The number of nitrogens with one attached hydrogen (secondary N) is 1. The number of nitrogens with two attached hydrogens (primary N) is 1. The Morgan fingerprint density at radius 3 is 2.32 bits per heavy atom. The first-order valence-electron chi connectivity index (χ1n) is 12.3. The van der Waals surface area contributed by atoms with Gasteiger partial charge in [-0.25, -0.2) is 8.78 Å². The molecule has 1 saturated carbocycles. The molecule has 186 valence electrons. The normalized spacial score (nSPS) is 17.8. The fraction of sp³-hybridized carbons (Fsp3) is 0.536. The number of carbonyl (C=O) groups is 1. The van der Waals surface area contributed by atoms with Crippen LogP contribution in [0, 0.1) is 17.6 Å². The predicted molar refractivity (Wildman–Crippen MR) is 131 cm³/mol. The zero-order valence-electron chi connectivity index (χ0n) is 20.5. The second kappa shape index (κ2) is 11.0. The van der Waals surface area contributed by atoms with Crippen LogP contribution in [-0.2, 0) is 22.2 Å². The summed E-state index contributed by atoms with van der Waals surface area (Å²) in [6.07, 6.45) is 4.49.